The van der Waals surface area contributed by atoms with Crippen molar-refractivity contribution in [3.63, 3.8) is 0 Å². The molecule has 0 saturated carbocycles. The Bertz CT molecular complexity index is 863. The quantitative estimate of drug-likeness (QED) is 0.565. The number of hydrogen-bond acceptors (Lipinski definition) is 4. The second kappa shape index (κ2) is 9.55. The Labute approximate surface area is 173 Å². The number of carbonyl (C=O) groups is 1. The van der Waals surface area contributed by atoms with Crippen molar-refractivity contribution in [1.82, 2.24) is 4.98 Å². The van der Waals surface area contributed by atoms with Crippen LogP contribution < -0.4 is 9.80 Å². The Hall–Kier alpha value is -1.60. The van der Waals surface area contributed by atoms with E-state index in [4.69, 9.17) is 11.6 Å². The molecule has 0 aliphatic rings. The van der Waals surface area contributed by atoms with E-state index in [-0.39, 0.29) is 5.91 Å². The average Bonchev–Trinajstić information content (AvgIpc) is 3.08. The summed E-state index contributed by atoms with van der Waals surface area (Å²) in [4.78, 5) is 21.9. The van der Waals surface area contributed by atoms with E-state index in [1.165, 1.54) is 16.7 Å². The molecule has 0 spiro atoms. The van der Waals surface area contributed by atoms with Gasteiger partial charge in [-0.1, -0.05) is 35.1 Å². The van der Waals surface area contributed by atoms with E-state index >= 15 is 0 Å². The molecule has 0 aliphatic carbocycles. The van der Waals surface area contributed by atoms with E-state index in [1.807, 2.05) is 53.4 Å². The van der Waals surface area contributed by atoms with Crippen LogP contribution in [0, 0.1) is 0 Å². The van der Waals surface area contributed by atoms with Crippen molar-refractivity contribution in [2.45, 2.75) is 11.3 Å². The third-order valence-electron chi connectivity index (χ3n) is 4.05. The maximum absolute atomic E-state index is 13.0. The van der Waals surface area contributed by atoms with Crippen molar-refractivity contribution in [2.75, 3.05) is 37.8 Å². The molecule has 0 radical (unpaired) electrons. The van der Waals surface area contributed by atoms with Crippen LogP contribution in [0.15, 0.2) is 53.4 Å². The largest absolute Gasteiger partial charge is 0.340 e. The smallest absolute Gasteiger partial charge is 0.239 e. The molecule has 1 aromatic heterocycles. The molecule has 3 rings (SSSR count). The fourth-order valence-electron chi connectivity index (χ4n) is 2.65. The van der Waals surface area contributed by atoms with E-state index in [2.05, 4.69) is 19.1 Å². The number of anilines is 1. The number of para-hydroxylation sites is 1. The minimum Gasteiger partial charge on any atom is -0.340 e. The van der Waals surface area contributed by atoms with Crippen molar-refractivity contribution in [3.05, 3.63) is 53.6 Å². The van der Waals surface area contributed by atoms with Gasteiger partial charge in [0, 0.05) is 22.9 Å². The van der Waals surface area contributed by atoms with Gasteiger partial charge in [0.1, 0.15) is 0 Å². The lowest BCUT2D eigenvalue weighted by Crippen LogP contribution is -3.05. The average molecular weight is 421 g/mol. The first-order valence-corrected chi connectivity index (χ1v) is 11.0. The van der Waals surface area contributed by atoms with Crippen LogP contribution in [0.4, 0.5) is 5.13 Å². The third kappa shape index (κ3) is 5.69. The molecule has 0 bridgehead atoms. The number of thiazole rings is 1. The highest BCUT2D eigenvalue weighted by Crippen LogP contribution is 2.30. The van der Waals surface area contributed by atoms with Gasteiger partial charge in [0.2, 0.25) is 5.91 Å². The van der Waals surface area contributed by atoms with E-state index in [1.54, 1.807) is 11.3 Å². The van der Waals surface area contributed by atoms with Crippen LogP contribution in [-0.2, 0) is 4.79 Å². The van der Waals surface area contributed by atoms with Crippen LogP contribution in [0.5, 0.6) is 0 Å². The van der Waals surface area contributed by atoms with E-state index in [0.29, 0.717) is 17.3 Å². The molecular formula is C20H23ClN3OS2+. The zero-order valence-electron chi connectivity index (χ0n) is 15.4. The Morgan fingerprint density at radius 1 is 1.19 bits per heavy atom. The summed E-state index contributed by atoms with van der Waals surface area (Å²) in [5, 5.41) is 1.49. The first kappa shape index (κ1) is 20.1. The summed E-state index contributed by atoms with van der Waals surface area (Å²) in [6.07, 6.45) is 0.940. The summed E-state index contributed by atoms with van der Waals surface area (Å²) in [6.45, 7) is 1.70. The van der Waals surface area contributed by atoms with Crippen molar-refractivity contribution >= 4 is 56.0 Å². The lowest BCUT2D eigenvalue weighted by atomic mass is 10.3. The van der Waals surface area contributed by atoms with Gasteiger partial charge in [0.25, 0.3) is 0 Å². The summed E-state index contributed by atoms with van der Waals surface area (Å²) < 4.78 is 1.11. The Balaban J connectivity index is 1.73. The maximum Gasteiger partial charge on any atom is 0.239 e. The zero-order chi connectivity index (χ0) is 19.2. The van der Waals surface area contributed by atoms with Gasteiger partial charge in [0.15, 0.2) is 5.13 Å². The Morgan fingerprint density at radius 2 is 1.93 bits per heavy atom. The van der Waals surface area contributed by atoms with Gasteiger partial charge >= 0.3 is 0 Å². The summed E-state index contributed by atoms with van der Waals surface area (Å²) in [6, 6.07) is 15.6. The molecule has 0 saturated heterocycles. The number of aromatic nitrogens is 1. The number of quaternary nitrogens is 1. The summed E-state index contributed by atoms with van der Waals surface area (Å²) >= 11 is 9.04. The van der Waals surface area contributed by atoms with Crippen LogP contribution >= 0.6 is 34.7 Å². The first-order valence-electron chi connectivity index (χ1n) is 8.86. The molecule has 1 N–H and O–H groups in total. The predicted octanol–water partition coefficient (Wildman–Crippen LogP) is 3.61. The van der Waals surface area contributed by atoms with Crippen LogP contribution in [0.2, 0.25) is 5.02 Å². The molecule has 0 fully saturated rings. The summed E-state index contributed by atoms with van der Waals surface area (Å²) in [7, 11) is 4.25. The molecule has 0 unspecified atom stereocenters. The fraction of sp³-hybridized carbons (Fsp3) is 0.300. The number of nitrogens with one attached hydrogen (secondary N) is 1. The van der Waals surface area contributed by atoms with Gasteiger partial charge in [-0.2, -0.15) is 0 Å². The van der Waals surface area contributed by atoms with Crippen LogP contribution in [0.25, 0.3) is 10.2 Å². The van der Waals surface area contributed by atoms with Gasteiger partial charge in [-0.15, -0.1) is 11.8 Å². The van der Waals surface area contributed by atoms with Gasteiger partial charge < -0.3 is 4.90 Å². The third-order valence-corrected chi connectivity index (χ3v) is 6.36. The summed E-state index contributed by atoms with van der Waals surface area (Å²) in [5.41, 5.74) is 0.943. The zero-order valence-corrected chi connectivity index (χ0v) is 17.8. The lowest BCUT2D eigenvalue weighted by molar-refractivity contribution is -0.858. The maximum atomic E-state index is 13.0. The minimum atomic E-state index is 0.0859. The van der Waals surface area contributed by atoms with Crippen LogP contribution in [0.1, 0.15) is 6.42 Å². The van der Waals surface area contributed by atoms with Crippen molar-refractivity contribution in [1.29, 1.82) is 0 Å². The highest BCUT2D eigenvalue weighted by atomic mass is 35.5. The van der Waals surface area contributed by atoms with Crippen molar-refractivity contribution < 1.29 is 9.69 Å². The summed E-state index contributed by atoms with van der Waals surface area (Å²) in [5.74, 6) is 0.467. The molecule has 0 atom stereocenters. The van der Waals surface area contributed by atoms with E-state index in [0.717, 1.165) is 33.2 Å². The molecular weight excluding hydrogens is 398 g/mol. The van der Waals surface area contributed by atoms with Gasteiger partial charge in [-0.3, -0.25) is 9.69 Å². The number of halogens is 1. The SMILES string of the molecule is C[NH+](C)CCCN(C(=O)CSc1ccc(Cl)cc1)c1nc2ccccc2s1. The number of thioether (sulfide) groups is 1. The van der Waals surface area contributed by atoms with E-state index in [9.17, 15) is 4.79 Å². The number of fused-ring (bicyclic) bond motifs is 1. The molecule has 2 aromatic carbocycles. The molecule has 0 aliphatic heterocycles. The molecule has 7 heteroatoms. The number of nitrogens with zero attached hydrogens (tertiary/aromatic N) is 2. The first-order chi connectivity index (χ1) is 13.0. The number of hydrogen-bond donors (Lipinski definition) is 1. The second-order valence-electron chi connectivity index (χ2n) is 6.56. The highest BCUT2D eigenvalue weighted by molar-refractivity contribution is 8.00. The Morgan fingerprint density at radius 3 is 2.63 bits per heavy atom. The number of carbonyl (C=O) groups excluding carboxylic acids is 1. The van der Waals surface area contributed by atoms with Crippen molar-refractivity contribution in [3.8, 4) is 0 Å². The monoisotopic (exact) mass is 420 g/mol. The molecule has 1 heterocycles. The molecule has 1 amide bonds. The minimum absolute atomic E-state index is 0.0859. The van der Waals surface area contributed by atoms with E-state index < -0.39 is 0 Å². The number of amides is 1. The lowest BCUT2D eigenvalue weighted by Gasteiger charge is -2.20. The highest BCUT2D eigenvalue weighted by Gasteiger charge is 2.20. The number of rotatable bonds is 8. The van der Waals surface area contributed by atoms with Crippen LogP contribution in [-0.4, -0.2) is 43.8 Å². The normalized spacial score (nSPS) is 11.3. The molecule has 142 valence electrons. The second-order valence-corrected chi connectivity index (χ2v) is 9.06. The molecule has 27 heavy (non-hydrogen) atoms. The Kier molecular flexibility index (Phi) is 7.13. The fourth-order valence-corrected chi connectivity index (χ4v) is 4.56. The van der Waals surface area contributed by atoms with Gasteiger partial charge in [-0.25, -0.2) is 4.98 Å². The topological polar surface area (TPSA) is 37.6 Å². The standard InChI is InChI=1S/C20H22ClN3OS2/c1-23(2)12-5-13-24(20-22-17-6-3-4-7-18(17)27-20)19(25)14-26-16-10-8-15(21)9-11-16/h3-4,6-11H,5,12-14H2,1-2H3/p+1. The van der Waals surface area contributed by atoms with Crippen molar-refractivity contribution in [2.24, 2.45) is 0 Å². The number of benzene rings is 2. The predicted molar refractivity (Wildman–Crippen MR) is 116 cm³/mol. The van der Waals surface area contributed by atoms with Crippen LogP contribution in [0.3, 0.4) is 0 Å². The molecule has 4 nitrogen and oxygen atoms in total. The van der Waals surface area contributed by atoms with Gasteiger partial charge in [0.05, 0.1) is 36.6 Å². The molecule has 3 aromatic rings. The van der Waals surface area contributed by atoms with Gasteiger partial charge in [-0.05, 0) is 36.4 Å².